The second-order valence-corrected chi connectivity index (χ2v) is 16.1. The van der Waals surface area contributed by atoms with Crippen LogP contribution in [0, 0.1) is 0 Å². The van der Waals surface area contributed by atoms with E-state index in [9.17, 15) is 19.0 Å². The molecule has 9 nitrogen and oxygen atoms in total. The maximum absolute atomic E-state index is 12.6. The van der Waals surface area contributed by atoms with Crippen LogP contribution in [0.2, 0.25) is 0 Å². The number of rotatable bonds is 36. The molecule has 0 aliphatic rings. The molecule has 1 N–H and O–H groups in total. The van der Waals surface area contributed by atoms with Crippen molar-refractivity contribution in [3.8, 4) is 0 Å². The Balaban J connectivity index is 4.54. The third-order valence-electron chi connectivity index (χ3n) is 8.35. The number of likely N-dealkylation sites (N-methyl/N-ethyl adjacent to an activating group) is 1. The highest BCUT2D eigenvalue weighted by atomic mass is 31.2. The lowest BCUT2D eigenvalue weighted by Gasteiger charge is -2.24. The number of carbonyl (C=O) groups excluding carboxylic acids is 2. The Bertz CT molecular complexity index is 1090. The minimum absolute atomic E-state index is 0.00774. The quantitative estimate of drug-likeness (QED) is 0.0221. The number of phosphoric ester groups is 1. The van der Waals surface area contributed by atoms with E-state index in [-0.39, 0.29) is 26.1 Å². The Morgan fingerprint density at radius 1 is 0.604 bits per heavy atom. The van der Waals surface area contributed by atoms with E-state index in [1.165, 1.54) is 70.6 Å². The van der Waals surface area contributed by atoms with Gasteiger partial charge in [-0.1, -0.05) is 158 Å². The van der Waals surface area contributed by atoms with Gasteiger partial charge in [-0.2, -0.15) is 0 Å². The van der Waals surface area contributed by atoms with Crippen molar-refractivity contribution in [2.24, 2.45) is 0 Å². The van der Waals surface area contributed by atoms with E-state index >= 15 is 0 Å². The van der Waals surface area contributed by atoms with E-state index in [2.05, 4.69) is 56.4 Å². The van der Waals surface area contributed by atoms with Gasteiger partial charge in [0.2, 0.25) is 0 Å². The lowest BCUT2D eigenvalue weighted by Crippen LogP contribution is -2.37. The Morgan fingerprint density at radius 3 is 1.53 bits per heavy atom. The van der Waals surface area contributed by atoms with Crippen molar-refractivity contribution in [1.82, 2.24) is 0 Å². The highest BCUT2D eigenvalue weighted by molar-refractivity contribution is 7.47. The first kappa shape index (κ1) is 50.7. The minimum Gasteiger partial charge on any atom is -0.462 e. The molecule has 0 aromatic heterocycles. The topological polar surface area (TPSA) is 108 Å². The van der Waals surface area contributed by atoms with Gasteiger partial charge in [0.15, 0.2) is 6.10 Å². The first-order chi connectivity index (χ1) is 25.5. The van der Waals surface area contributed by atoms with Crippen LogP contribution < -0.4 is 0 Å². The van der Waals surface area contributed by atoms with E-state index < -0.39 is 32.5 Å². The minimum atomic E-state index is -4.40. The molecule has 0 fully saturated rings. The third-order valence-corrected chi connectivity index (χ3v) is 9.33. The van der Waals surface area contributed by atoms with Gasteiger partial charge in [-0.05, 0) is 38.5 Å². The van der Waals surface area contributed by atoms with Crippen LogP contribution in [-0.2, 0) is 32.7 Å². The molecule has 53 heavy (non-hydrogen) atoms. The molecule has 306 valence electrons. The lowest BCUT2D eigenvalue weighted by molar-refractivity contribution is -0.870. The van der Waals surface area contributed by atoms with Crippen molar-refractivity contribution in [2.45, 2.75) is 155 Å². The molecule has 0 rings (SSSR count). The highest BCUT2D eigenvalue weighted by Gasteiger charge is 2.26. The fourth-order valence-electron chi connectivity index (χ4n) is 5.15. The summed E-state index contributed by atoms with van der Waals surface area (Å²) in [5.74, 6) is -0.948. The van der Waals surface area contributed by atoms with E-state index in [1.54, 1.807) is 6.08 Å². The van der Waals surface area contributed by atoms with E-state index in [0.29, 0.717) is 17.4 Å². The maximum atomic E-state index is 12.6. The van der Waals surface area contributed by atoms with Crippen LogP contribution in [0.3, 0.4) is 0 Å². The largest absolute Gasteiger partial charge is 0.472 e. The van der Waals surface area contributed by atoms with Crippen molar-refractivity contribution in [3.05, 3.63) is 60.8 Å². The zero-order valence-corrected chi connectivity index (χ0v) is 35.1. The number of hydrogen-bond donors (Lipinski definition) is 1. The molecule has 0 aromatic rings. The Hall–Kier alpha value is -2.29. The Morgan fingerprint density at radius 2 is 1.06 bits per heavy atom. The number of phosphoric acid groups is 1. The van der Waals surface area contributed by atoms with Crippen molar-refractivity contribution in [3.63, 3.8) is 0 Å². The summed E-state index contributed by atoms with van der Waals surface area (Å²) < 4.78 is 34.1. The molecule has 0 amide bonds. The standard InChI is InChI=1S/C43H76NO8P/c1-6-8-10-12-14-16-18-20-22-24-26-28-30-32-34-36-43(46)52-41(40-51-53(47,48)50-38-37-44(3,4)5)39-49-42(45)35-33-31-29-27-25-23-21-19-17-15-13-11-9-7-2/h8,10,14,16,20,22,26,28,32,34,41H,6-7,9,11-13,15,17-19,21,23-25,27,29-31,33,35-40H2,1-5H3/p+1/b10-8-,16-14-,22-20-,28-26-,34-32-. The average molecular weight is 767 g/mol. The summed E-state index contributed by atoms with van der Waals surface area (Å²) in [5.41, 5.74) is 0. The first-order valence-electron chi connectivity index (χ1n) is 20.5. The van der Waals surface area contributed by atoms with Gasteiger partial charge in [-0.3, -0.25) is 18.6 Å². The zero-order valence-electron chi connectivity index (χ0n) is 34.2. The number of ether oxygens (including phenoxy) is 2. The number of hydrogen-bond acceptors (Lipinski definition) is 7. The molecule has 0 saturated carbocycles. The number of quaternary nitrogens is 1. The normalized spacial score (nSPS) is 14.3. The fraction of sp³-hybridized carbons (Fsp3) is 0.721. The molecule has 0 aromatic carbocycles. The molecule has 0 heterocycles. The van der Waals surface area contributed by atoms with Crippen molar-refractivity contribution in [1.29, 1.82) is 0 Å². The zero-order chi connectivity index (χ0) is 39.3. The molecule has 0 saturated heterocycles. The lowest BCUT2D eigenvalue weighted by atomic mass is 10.0. The second-order valence-electron chi connectivity index (χ2n) is 14.7. The third kappa shape index (κ3) is 39.2. The van der Waals surface area contributed by atoms with E-state index in [4.69, 9.17) is 18.5 Å². The van der Waals surface area contributed by atoms with Crippen LogP contribution in [0.25, 0.3) is 0 Å². The van der Waals surface area contributed by atoms with Crippen LogP contribution >= 0.6 is 7.82 Å². The van der Waals surface area contributed by atoms with Gasteiger partial charge in [0, 0.05) is 6.42 Å². The van der Waals surface area contributed by atoms with Crippen LogP contribution in [0.4, 0.5) is 0 Å². The smallest absolute Gasteiger partial charge is 0.462 e. The van der Waals surface area contributed by atoms with Crippen LogP contribution in [-0.4, -0.2) is 74.9 Å². The van der Waals surface area contributed by atoms with Crippen LogP contribution in [0.1, 0.15) is 149 Å². The molecule has 0 aliphatic heterocycles. The van der Waals surface area contributed by atoms with Crippen molar-refractivity contribution in [2.75, 3.05) is 47.5 Å². The molecule has 0 radical (unpaired) electrons. The van der Waals surface area contributed by atoms with Gasteiger partial charge in [-0.15, -0.1) is 0 Å². The predicted molar refractivity (Wildman–Crippen MR) is 219 cm³/mol. The Labute approximate surface area is 324 Å². The molecule has 2 atom stereocenters. The number of nitrogens with zero attached hydrogens (tertiary/aromatic N) is 1. The maximum Gasteiger partial charge on any atom is 0.472 e. The summed E-state index contributed by atoms with van der Waals surface area (Å²) in [6.07, 6.45) is 41.6. The summed E-state index contributed by atoms with van der Waals surface area (Å²) in [6.45, 7) is 4.18. The van der Waals surface area contributed by atoms with E-state index in [1.807, 2.05) is 33.3 Å². The highest BCUT2D eigenvalue weighted by Crippen LogP contribution is 2.43. The van der Waals surface area contributed by atoms with Crippen molar-refractivity contribution >= 4 is 19.8 Å². The number of carbonyl (C=O) groups is 2. The molecular weight excluding hydrogens is 689 g/mol. The molecule has 0 aliphatic carbocycles. The predicted octanol–water partition coefficient (Wildman–Crippen LogP) is 11.3. The van der Waals surface area contributed by atoms with E-state index in [0.717, 1.165) is 44.9 Å². The first-order valence-corrected chi connectivity index (χ1v) is 22.0. The molecule has 2 unspecified atom stereocenters. The van der Waals surface area contributed by atoms with Gasteiger partial charge in [0.25, 0.3) is 0 Å². The second kappa shape index (κ2) is 35.4. The van der Waals surface area contributed by atoms with Gasteiger partial charge in [0.1, 0.15) is 19.8 Å². The molecule has 0 spiro atoms. The number of esters is 2. The van der Waals surface area contributed by atoms with Crippen molar-refractivity contribution < 1.29 is 42.1 Å². The molecule has 0 bridgehead atoms. The monoisotopic (exact) mass is 767 g/mol. The van der Waals surface area contributed by atoms with Gasteiger partial charge in [0.05, 0.1) is 34.2 Å². The number of unbranched alkanes of at least 4 members (excludes halogenated alkanes) is 13. The Kier molecular flexibility index (Phi) is 33.9. The fourth-order valence-corrected chi connectivity index (χ4v) is 5.89. The summed E-state index contributed by atoms with van der Waals surface area (Å²) >= 11 is 0. The number of allylic oxidation sites excluding steroid dienone is 9. The van der Waals surface area contributed by atoms with Gasteiger partial charge >= 0.3 is 19.8 Å². The van der Waals surface area contributed by atoms with Gasteiger partial charge in [-0.25, -0.2) is 4.57 Å². The SMILES string of the molecule is CC/C=C\C/C=C\C/C=C\C/C=C\C/C=C\CC(=O)OC(COC(=O)CCCCCCCCCCCCCCCC)COP(=O)(O)OCC[N+](C)(C)C. The summed E-state index contributed by atoms with van der Waals surface area (Å²) in [4.78, 5) is 35.2. The summed E-state index contributed by atoms with van der Waals surface area (Å²) in [5, 5.41) is 0. The average Bonchev–Trinajstić information content (AvgIpc) is 3.10. The molecule has 10 heteroatoms. The van der Waals surface area contributed by atoms with Gasteiger partial charge < -0.3 is 18.9 Å². The summed E-state index contributed by atoms with van der Waals surface area (Å²) in [7, 11) is 1.41. The van der Waals surface area contributed by atoms with Crippen LogP contribution in [0.5, 0.6) is 0 Å². The molecular formula is C43H77NO8P+. The van der Waals surface area contributed by atoms with Crippen LogP contribution in [0.15, 0.2) is 60.8 Å². The summed E-state index contributed by atoms with van der Waals surface area (Å²) in [6, 6.07) is 0.